The minimum atomic E-state index is -0.927. The normalized spacial score (nSPS) is 20.6. The summed E-state index contributed by atoms with van der Waals surface area (Å²) < 4.78 is 19.1. The van der Waals surface area contributed by atoms with Gasteiger partial charge in [-0.3, -0.25) is 4.79 Å². The monoisotopic (exact) mass is 328 g/mol. The van der Waals surface area contributed by atoms with E-state index < -0.39 is 5.60 Å². The predicted molar refractivity (Wildman–Crippen MR) is 91.2 cm³/mol. The summed E-state index contributed by atoms with van der Waals surface area (Å²) in [6, 6.07) is 14.2. The molecule has 1 fully saturated rings. The average Bonchev–Trinajstić information content (AvgIpc) is 2.63. The van der Waals surface area contributed by atoms with Gasteiger partial charge in [0.25, 0.3) is 5.91 Å². The van der Waals surface area contributed by atoms with Crippen molar-refractivity contribution < 1.29 is 13.9 Å². The molecule has 0 radical (unpaired) electrons. The first-order chi connectivity index (χ1) is 11.6. The van der Waals surface area contributed by atoms with Crippen LogP contribution in [0.1, 0.15) is 5.56 Å². The molecule has 2 N–H and O–H groups in total. The number of halogens is 1. The van der Waals surface area contributed by atoms with Crippen molar-refractivity contribution in [2.75, 3.05) is 26.7 Å². The smallest absolute Gasteiger partial charge is 0.253 e. The lowest BCUT2D eigenvalue weighted by Crippen LogP contribution is -2.59. The van der Waals surface area contributed by atoms with E-state index in [0.717, 1.165) is 23.2 Å². The quantitative estimate of drug-likeness (QED) is 0.904. The Kier molecular flexibility index (Phi) is 4.92. The molecule has 0 saturated carbocycles. The third-order valence-electron chi connectivity index (χ3n) is 4.36. The highest BCUT2D eigenvalue weighted by atomic mass is 19.1. The lowest BCUT2D eigenvalue weighted by Gasteiger charge is -2.36. The Morgan fingerprint density at radius 2 is 2.00 bits per heavy atom. The number of morpholine rings is 1. The van der Waals surface area contributed by atoms with E-state index >= 15 is 0 Å². The number of nitrogens with one attached hydrogen (secondary N) is 2. The van der Waals surface area contributed by atoms with Crippen LogP contribution in [0.3, 0.4) is 0 Å². The maximum Gasteiger partial charge on any atom is 0.253 e. The molecule has 1 amide bonds. The van der Waals surface area contributed by atoms with Crippen molar-refractivity contribution in [2.24, 2.45) is 0 Å². The second-order valence-corrected chi connectivity index (χ2v) is 5.94. The van der Waals surface area contributed by atoms with E-state index in [1.54, 1.807) is 19.2 Å². The molecule has 0 spiro atoms. The van der Waals surface area contributed by atoms with Crippen LogP contribution in [0, 0.1) is 5.82 Å². The standard InChI is InChI=1S/C19H21FN2O2/c1-21-18(23)19(13-22-10-11-24-19)12-15-4-2-3-5-17(15)14-6-8-16(20)9-7-14/h2-9,22H,10-13H2,1H3,(H,21,23). The van der Waals surface area contributed by atoms with Crippen molar-refractivity contribution in [3.8, 4) is 11.1 Å². The summed E-state index contributed by atoms with van der Waals surface area (Å²) in [5, 5.41) is 5.95. The molecule has 3 rings (SSSR count). The van der Waals surface area contributed by atoms with Crippen molar-refractivity contribution >= 4 is 5.91 Å². The van der Waals surface area contributed by atoms with Gasteiger partial charge in [-0.2, -0.15) is 0 Å². The van der Waals surface area contributed by atoms with Crippen LogP contribution < -0.4 is 10.6 Å². The fourth-order valence-electron chi connectivity index (χ4n) is 3.12. The van der Waals surface area contributed by atoms with Gasteiger partial charge in [0.1, 0.15) is 5.82 Å². The van der Waals surface area contributed by atoms with Crippen molar-refractivity contribution in [3.63, 3.8) is 0 Å². The van der Waals surface area contributed by atoms with Gasteiger partial charge in [-0.15, -0.1) is 0 Å². The van der Waals surface area contributed by atoms with Crippen molar-refractivity contribution in [2.45, 2.75) is 12.0 Å². The first kappa shape index (κ1) is 16.6. The molecular weight excluding hydrogens is 307 g/mol. The van der Waals surface area contributed by atoms with E-state index in [1.165, 1.54) is 12.1 Å². The number of amides is 1. The highest BCUT2D eigenvalue weighted by molar-refractivity contribution is 5.86. The summed E-state index contributed by atoms with van der Waals surface area (Å²) in [5.41, 5.74) is 1.97. The molecule has 4 nitrogen and oxygen atoms in total. The molecule has 1 aliphatic rings. The number of benzene rings is 2. The summed E-state index contributed by atoms with van der Waals surface area (Å²) in [7, 11) is 1.62. The lowest BCUT2D eigenvalue weighted by molar-refractivity contribution is -0.150. The topological polar surface area (TPSA) is 50.4 Å². The first-order valence-electron chi connectivity index (χ1n) is 8.05. The van der Waals surface area contributed by atoms with E-state index in [1.807, 2.05) is 24.3 Å². The molecule has 24 heavy (non-hydrogen) atoms. The number of carbonyl (C=O) groups excluding carboxylic acids is 1. The minimum absolute atomic E-state index is 0.136. The zero-order valence-corrected chi connectivity index (χ0v) is 13.6. The number of rotatable bonds is 4. The Labute approximate surface area is 141 Å². The Morgan fingerprint density at radius 3 is 2.67 bits per heavy atom. The van der Waals surface area contributed by atoms with Crippen LogP contribution in [0.2, 0.25) is 0 Å². The molecular formula is C19H21FN2O2. The van der Waals surface area contributed by atoms with E-state index in [2.05, 4.69) is 10.6 Å². The molecule has 1 heterocycles. The Bertz CT molecular complexity index is 710. The Morgan fingerprint density at radius 1 is 1.25 bits per heavy atom. The van der Waals surface area contributed by atoms with Crippen LogP contribution in [0.4, 0.5) is 4.39 Å². The van der Waals surface area contributed by atoms with Crippen LogP contribution in [0.5, 0.6) is 0 Å². The van der Waals surface area contributed by atoms with E-state index in [-0.39, 0.29) is 11.7 Å². The van der Waals surface area contributed by atoms with Gasteiger partial charge >= 0.3 is 0 Å². The third kappa shape index (κ3) is 3.32. The molecule has 5 heteroatoms. The highest BCUT2D eigenvalue weighted by Crippen LogP contribution is 2.29. The Balaban J connectivity index is 1.97. The van der Waals surface area contributed by atoms with Crippen LogP contribution in [-0.2, 0) is 16.0 Å². The van der Waals surface area contributed by atoms with Gasteiger partial charge in [0.2, 0.25) is 0 Å². The number of hydrogen-bond donors (Lipinski definition) is 2. The molecule has 126 valence electrons. The van der Waals surface area contributed by atoms with Gasteiger partial charge in [0.15, 0.2) is 5.60 Å². The minimum Gasteiger partial charge on any atom is -0.362 e. The summed E-state index contributed by atoms with van der Waals surface area (Å²) in [6.07, 6.45) is 0.452. The summed E-state index contributed by atoms with van der Waals surface area (Å²) in [6.45, 7) is 1.69. The highest BCUT2D eigenvalue weighted by Gasteiger charge is 2.41. The van der Waals surface area contributed by atoms with Gasteiger partial charge in [-0.05, 0) is 28.8 Å². The van der Waals surface area contributed by atoms with Gasteiger partial charge in [-0.25, -0.2) is 4.39 Å². The van der Waals surface area contributed by atoms with Crippen LogP contribution in [0.25, 0.3) is 11.1 Å². The van der Waals surface area contributed by atoms with E-state index in [9.17, 15) is 9.18 Å². The number of likely N-dealkylation sites (N-methyl/N-ethyl adjacent to an activating group) is 1. The molecule has 2 aromatic rings. The molecule has 0 aliphatic carbocycles. The number of hydrogen-bond acceptors (Lipinski definition) is 3. The lowest BCUT2D eigenvalue weighted by atomic mass is 9.87. The van der Waals surface area contributed by atoms with Gasteiger partial charge < -0.3 is 15.4 Å². The fraction of sp³-hybridized carbons (Fsp3) is 0.316. The van der Waals surface area contributed by atoms with Crippen LogP contribution in [-0.4, -0.2) is 38.3 Å². The summed E-state index contributed by atoms with van der Waals surface area (Å²) >= 11 is 0. The third-order valence-corrected chi connectivity index (χ3v) is 4.36. The summed E-state index contributed by atoms with van der Waals surface area (Å²) in [4.78, 5) is 12.5. The Hall–Kier alpha value is -2.24. The van der Waals surface area contributed by atoms with Crippen LogP contribution >= 0.6 is 0 Å². The van der Waals surface area contributed by atoms with Crippen LogP contribution in [0.15, 0.2) is 48.5 Å². The molecule has 1 aliphatic heterocycles. The van der Waals surface area contributed by atoms with Gasteiger partial charge in [0, 0.05) is 26.6 Å². The number of ether oxygens (including phenoxy) is 1. The van der Waals surface area contributed by atoms with Crippen molar-refractivity contribution in [1.29, 1.82) is 0 Å². The maximum atomic E-state index is 13.2. The first-order valence-corrected chi connectivity index (χ1v) is 8.05. The molecule has 1 atom stereocenters. The maximum absolute atomic E-state index is 13.2. The van der Waals surface area contributed by atoms with E-state index in [0.29, 0.717) is 19.6 Å². The fourth-order valence-corrected chi connectivity index (χ4v) is 3.12. The largest absolute Gasteiger partial charge is 0.362 e. The molecule has 1 saturated heterocycles. The zero-order valence-electron chi connectivity index (χ0n) is 13.6. The second-order valence-electron chi connectivity index (χ2n) is 5.94. The molecule has 0 aromatic heterocycles. The van der Waals surface area contributed by atoms with Gasteiger partial charge in [-0.1, -0.05) is 36.4 Å². The molecule has 0 bridgehead atoms. The zero-order chi connectivity index (χ0) is 17.0. The molecule has 2 aromatic carbocycles. The van der Waals surface area contributed by atoms with E-state index in [4.69, 9.17) is 4.74 Å². The SMILES string of the molecule is CNC(=O)C1(Cc2ccccc2-c2ccc(F)cc2)CNCCO1. The van der Waals surface area contributed by atoms with Crippen molar-refractivity contribution in [3.05, 3.63) is 59.9 Å². The number of carbonyl (C=O) groups is 1. The average molecular weight is 328 g/mol. The molecule has 1 unspecified atom stereocenters. The predicted octanol–water partition coefficient (Wildman–Crippen LogP) is 2.14. The van der Waals surface area contributed by atoms with Crippen molar-refractivity contribution in [1.82, 2.24) is 10.6 Å². The summed E-state index contributed by atoms with van der Waals surface area (Å²) in [5.74, 6) is -0.401. The second kappa shape index (κ2) is 7.11. The van der Waals surface area contributed by atoms with Gasteiger partial charge in [0.05, 0.1) is 6.61 Å².